The summed E-state index contributed by atoms with van der Waals surface area (Å²) < 4.78 is 18.7. The molecule has 2 unspecified atom stereocenters. The number of amides is 1. The Morgan fingerprint density at radius 3 is 2.46 bits per heavy atom. The molecule has 1 aromatic carbocycles. The number of ether oxygens (including phenoxy) is 3. The lowest BCUT2D eigenvalue weighted by Crippen LogP contribution is -2.68. The van der Waals surface area contributed by atoms with E-state index >= 15 is 0 Å². The minimum atomic E-state index is -1.83. The van der Waals surface area contributed by atoms with E-state index < -0.39 is 41.0 Å². The molecule has 7 nitrogen and oxygen atoms in total. The predicted octanol–water partition coefficient (Wildman–Crippen LogP) is 5.28. The zero-order valence-corrected chi connectivity index (χ0v) is 24.5. The van der Waals surface area contributed by atoms with Crippen LogP contribution in [0.4, 0.5) is 4.79 Å². The van der Waals surface area contributed by atoms with Gasteiger partial charge in [-0.15, -0.1) is 0 Å². The van der Waals surface area contributed by atoms with Crippen molar-refractivity contribution >= 4 is 11.9 Å². The van der Waals surface area contributed by atoms with Gasteiger partial charge in [0.15, 0.2) is 23.3 Å². The standard InChI is InChI=1S/C32H43NO6/c1-19-16-31-21(3)14-20(2)29(4,5)24(25(31)34)15-23-18-37-30(6,7)39-27(23)32(31,36)26(19)38-28(35)33(8)17-22-12-10-9-11-13-22/h9-13,15-16,20-21,24,26-27,36H,14,17-18H2,1-8H3/t20-,21?,24+,26-,27+,31?,32+/m0/s1. The number of Topliss-reactive ketones (excluding diaryl/α,β-unsaturated/α-hetero) is 1. The fourth-order valence-electron chi connectivity index (χ4n) is 7.47. The third kappa shape index (κ3) is 4.11. The number of carbonyl (C=O) groups excluding carboxylic acids is 2. The minimum absolute atomic E-state index is 0.0364. The van der Waals surface area contributed by atoms with Crippen LogP contribution in [-0.4, -0.2) is 59.1 Å². The molecule has 2 bridgehead atoms. The molecule has 1 N–H and O–H groups in total. The molecule has 1 saturated carbocycles. The average Bonchev–Trinajstić information content (AvgIpc) is 3.03. The van der Waals surface area contributed by atoms with Gasteiger partial charge >= 0.3 is 6.09 Å². The van der Waals surface area contributed by atoms with Gasteiger partial charge in [0.2, 0.25) is 0 Å². The number of benzene rings is 1. The van der Waals surface area contributed by atoms with Crippen molar-refractivity contribution < 1.29 is 28.9 Å². The molecule has 1 aromatic rings. The van der Waals surface area contributed by atoms with Gasteiger partial charge in [0.25, 0.3) is 0 Å². The molecule has 212 valence electrons. The number of rotatable bonds is 3. The molecular formula is C32H43NO6. The highest BCUT2D eigenvalue weighted by molar-refractivity contribution is 5.95. The minimum Gasteiger partial charge on any atom is -0.438 e. The van der Waals surface area contributed by atoms with Crippen LogP contribution in [0.25, 0.3) is 0 Å². The molecule has 39 heavy (non-hydrogen) atoms. The van der Waals surface area contributed by atoms with E-state index in [0.29, 0.717) is 12.1 Å². The topological polar surface area (TPSA) is 85.3 Å². The summed E-state index contributed by atoms with van der Waals surface area (Å²) in [7, 11) is 1.68. The third-order valence-corrected chi connectivity index (χ3v) is 10.1. The summed E-state index contributed by atoms with van der Waals surface area (Å²) in [6.07, 6.45) is 2.12. The first-order valence-electron chi connectivity index (χ1n) is 14.1. The second-order valence-electron chi connectivity index (χ2n) is 13.3. The Morgan fingerprint density at radius 1 is 1.13 bits per heavy atom. The second-order valence-corrected chi connectivity index (χ2v) is 13.3. The van der Waals surface area contributed by atoms with Crippen LogP contribution in [0, 0.1) is 28.6 Å². The van der Waals surface area contributed by atoms with E-state index in [1.54, 1.807) is 7.05 Å². The van der Waals surface area contributed by atoms with Crippen molar-refractivity contribution in [1.29, 1.82) is 0 Å². The summed E-state index contributed by atoms with van der Waals surface area (Å²) in [4.78, 5) is 29.8. The van der Waals surface area contributed by atoms with E-state index in [1.807, 2.05) is 70.2 Å². The number of nitrogens with zero attached hydrogens (tertiary/aromatic N) is 1. The highest BCUT2D eigenvalue weighted by Crippen LogP contribution is 2.63. The van der Waals surface area contributed by atoms with Gasteiger partial charge in [0.1, 0.15) is 6.10 Å². The number of carbonyl (C=O) groups is 2. The maximum absolute atomic E-state index is 14.8. The van der Waals surface area contributed by atoms with Gasteiger partial charge < -0.3 is 24.2 Å². The Labute approximate surface area is 232 Å². The van der Waals surface area contributed by atoms with Gasteiger partial charge in [0, 0.05) is 19.5 Å². The van der Waals surface area contributed by atoms with Crippen LogP contribution < -0.4 is 0 Å². The van der Waals surface area contributed by atoms with Crippen LogP contribution in [0.15, 0.2) is 53.6 Å². The highest BCUT2D eigenvalue weighted by atomic mass is 16.7. The molecule has 2 fully saturated rings. The van der Waals surface area contributed by atoms with Crippen molar-refractivity contribution in [2.45, 2.75) is 85.0 Å². The molecule has 3 aliphatic carbocycles. The molecule has 7 heteroatoms. The van der Waals surface area contributed by atoms with Crippen molar-refractivity contribution in [3.05, 3.63) is 59.2 Å². The Morgan fingerprint density at radius 2 is 1.79 bits per heavy atom. The summed E-state index contributed by atoms with van der Waals surface area (Å²) in [5, 5.41) is 13.1. The molecule has 1 aliphatic heterocycles. The largest absolute Gasteiger partial charge is 0.438 e. The van der Waals surface area contributed by atoms with Crippen LogP contribution in [0.2, 0.25) is 0 Å². The van der Waals surface area contributed by atoms with Gasteiger partial charge in [-0.05, 0) is 61.2 Å². The Kier molecular flexibility index (Phi) is 6.68. The van der Waals surface area contributed by atoms with Crippen molar-refractivity contribution in [2.75, 3.05) is 13.7 Å². The van der Waals surface area contributed by atoms with Crippen LogP contribution in [0.1, 0.15) is 60.5 Å². The van der Waals surface area contributed by atoms with Gasteiger partial charge in [-0.2, -0.15) is 0 Å². The van der Waals surface area contributed by atoms with Gasteiger partial charge in [-0.3, -0.25) is 4.79 Å². The molecule has 1 heterocycles. The Hall–Kier alpha value is -2.48. The Bertz CT molecular complexity index is 1220. The molecule has 0 radical (unpaired) electrons. The third-order valence-electron chi connectivity index (χ3n) is 10.1. The van der Waals surface area contributed by atoms with Crippen LogP contribution >= 0.6 is 0 Å². The molecule has 1 spiro atoms. The van der Waals surface area contributed by atoms with Gasteiger partial charge in [0.05, 0.1) is 12.0 Å². The van der Waals surface area contributed by atoms with E-state index in [9.17, 15) is 14.7 Å². The number of aliphatic hydroxyl groups is 1. The number of ketones is 1. The second kappa shape index (κ2) is 9.28. The zero-order chi connectivity index (χ0) is 28.5. The first-order valence-corrected chi connectivity index (χ1v) is 14.1. The molecular weight excluding hydrogens is 494 g/mol. The summed E-state index contributed by atoms with van der Waals surface area (Å²) >= 11 is 0. The van der Waals surface area contributed by atoms with Crippen LogP contribution in [0.5, 0.6) is 0 Å². The molecule has 5 rings (SSSR count). The monoisotopic (exact) mass is 537 g/mol. The van der Waals surface area contributed by atoms with Crippen LogP contribution in [0.3, 0.4) is 0 Å². The van der Waals surface area contributed by atoms with Crippen molar-refractivity contribution in [3.8, 4) is 0 Å². The number of fused-ring (bicyclic) bond motifs is 3. The molecule has 7 atom stereocenters. The van der Waals surface area contributed by atoms with Crippen molar-refractivity contribution in [1.82, 2.24) is 4.90 Å². The van der Waals surface area contributed by atoms with E-state index in [0.717, 1.165) is 17.6 Å². The van der Waals surface area contributed by atoms with Crippen molar-refractivity contribution in [3.63, 3.8) is 0 Å². The van der Waals surface area contributed by atoms with E-state index in [2.05, 4.69) is 20.8 Å². The van der Waals surface area contributed by atoms with Gasteiger partial charge in [-0.1, -0.05) is 70.2 Å². The average molecular weight is 538 g/mol. The van der Waals surface area contributed by atoms with E-state index in [4.69, 9.17) is 14.2 Å². The highest BCUT2D eigenvalue weighted by Gasteiger charge is 2.74. The number of allylic oxidation sites excluding steroid dienone is 1. The Balaban J connectivity index is 1.62. The SMILES string of the molecule is CC1=CC23C(=O)[C@@H](C=C4COC(C)(C)O[C@H]4[C@]2(O)[C@H]1OC(=O)N(C)Cc1ccccc1)C(C)(C)[C@@H](C)CC3C. The summed E-state index contributed by atoms with van der Waals surface area (Å²) in [5.74, 6) is -1.47. The lowest BCUT2D eigenvalue weighted by atomic mass is 9.59. The summed E-state index contributed by atoms with van der Waals surface area (Å²) in [6, 6.07) is 9.67. The quantitative estimate of drug-likeness (QED) is 0.528. The van der Waals surface area contributed by atoms with Crippen molar-refractivity contribution in [2.24, 2.45) is 28.6 Å². The fourth-order valence-corrected chi connectivity index (χ4v) is 7.47. The summed E-state index contributed by atoms with van der Waals surface area (Å²) in [6.45, 7) is 14.6. The predicted molar refractivity (Wildman–Crippen MR) is 148 cm³/mol. The fraction of sp³-hybridized carbons (Fsp3) is 0.625. The normalized spacial score (nSPS) is 38.4. The maximum Gasteiger partial charge on any atom is 0.410 e. The first kappa shape index (κ1) is 28.1. The summed E-state index contributed by atoms with van der Waals surface area (Å²) in [5.41, 5.74) is -1.11. The smallest absolute Gasteiger partial charge is 0.410 e. The molecule has 0 aromatic heterocycles. The van der Waals surface area contributed by atoms with E-state index in [-0.39, 0.29) is 29.6 Å². The lowest BCUT2D eigenvalue weighted by molar-refractivity contribution is -0.303. The van der Waals surface area contributed by atoms with Gasteiger partial charge in [-0.25, -0.2) is 4.79 Å². The zero-order valence-electron chi connectivity index (χ0n) is 24.5. The molecule has 1 saturated heterocycles. The maximum atomic E-state index is 14.8. The first-order chi connectivity index (χ1) is 18.1. The number of hydrogen-bond donors (Lipinski definition) is 1. The lowest BCUT2D eigenvalue weighted by Gasteiger charge is -2.52. The van der Waals surface area contributed by atoms with Crippen LogP contribution in [-0.2, 0) is 25.5 Å². The molecule has 4 aliphatic rings. The van der Waals surface area contributed by atoms with E-state index in [1.165, 1.54) is 4.90 Å². The number of hydrogen-bond acceptors (Lipinski definition) is 6. The molecule has 1 amide bonds.